The van der Waals surface area contributed by atoms with Crippen molar-refractivity contribution in [3.63, 3.8) is 0 Å². The lowest BCUT2D eigenvalue weighted by molar-refractivity contribution is 0.448. The molecule has 96 valence electrons. The van der Waals surface area contributed by atoms with E-state index in [1.54, 1.807) is 24.3 Å². The van der Waals surface area contributed by atoms with E-state index in [0.29, 0.717) is 17.6 Å². The Kier molecular flexibility index (Phi) is 2.81. The molecule has 2 N–H and O–H groups in total. The van der Waals surface area contributed by atoms with Gasteiger partial charge < -0.3 is 9.73 Å². The first-order chi connectivity index (χ1) is 8.65. The van der Waals surface area contributed by atoms with Crippen LogP contribution in [0.5, 0.6) is 0 Å². The second kappa shape index (κ2) is 4.34. The van der Waals surface area contributed by atoms with Crippen LogP contribution in [0.15, 0.2) is 33.9 Å². The van der Waals surface area contributed by atoms with E-state index in [0.717, 1.165) is 13.0 Å². The normalized spacial score (nSPS) is 20.6. The molecule has 1 fully saturated rings. The minimum Gasteiger partial charge on any atom is -0.427 e. The Labute approximate surface area is 104 Å². The Hall–Kier alpha value is -1.44. The summed E-state index contributed by atoms with van der Waals surface area (Å²) < 4.78 is 32.0. The summed E-state index contributed by atoms with van der Waals surface area (Å²) in [5.41, 5.74) is 1.02. The van der Waals surface area contributed by atoms with E-state index in [4.69, 9.17) is 4.42 Å². The zero-order valence-electron chi connectivity index (χ0n) is 9.59. The highest BCUT2D eigenvalue weighted by molar-refractivity contribution is 7.89. The molecule has 1 atom stereocenters. The SMILES string of the molecule is O=S(=O)(NC1CCNC1)c1nc2ccccc2o1. The zero-order chi connectivity index (χ0) is 12.6. The van der Waals surface area contributed by atoms with Crippen molar-refractivity contribution in [1.82, 2.24) is 15.0 Å². The van der Waals surface area contributed by atoms with Gasteiger partial charge in [-0.1, -0.05) is 12.1 Å². The fourth-order valence-corrected chi connectivity index (χ4v) is 3.15. The van der Waals surface area contributed by atoms with Crippen molar-refractivity contribution in [2.24, 2.45) is 0 Å². The van der Waals surface area contributed by atoms with Crippen LogP contribution in [0.1, 0.15) is 6.42 Å². The summed E-state index contributed by atoms with van der Waals surface area (Å²) in [5.74, 6) is 0. The summed E-state index contributed by atoms with van der Waals surface area (Å²) in [6.45, 7) is 1.46. The van der Waals surface area contributed by atoms with Crippen LogP contribution in [0.3, 0.4) is 0 Å². The number of nitrogens with zero attached hydrogens (tertiary/aromatic N) is 1. The molecule has 1 saturated heterocycles. The lowest BCUT2D eigenvalue weighted by Gasteiger charge is -2.08. The van der Waals surface area contributed by atoms with Gasteiger partial charge in [0.25, 0.3) is 10.0 Å². The minimum absolute atomic E-state index is 0.0926. The third kappa shape index (κ3) is 2.12. The quantitative estimate of drug-likeness (QED) is 0.844. The first-order valence-corrected chi connectivity index (χ1v) is 7.22. The summed E-state index contributed by atoms with van der Waals surface area (Å²) >= 11 is 0. The summed E-state index contributed by atoms with van der Waals surface area (Å²) in [6, 6.07) is 6.88. The Morgan fingerprint density at radius 2 is 2.22 bits per heavy atom. The van der Waals surface area contributed by atoms with Crippen molar-refractivity contribution >= 4 is 21.1 Å². The number of sulfonamides is 1. The average Bonchev–Trinajstić information content (AvgIpc) is 2.96. The maximum absolute atomic E-state index is 12.1. The van der Waals surface area contributed by atoms with Gasteiger partial charge in [-0.3, -0.25) is 0 Å². The van der Waals surface area contributed by atoms with Crippen molar-refractivity contribution in [1.29, 1.82) is 0 Å². The van der Waals surface area contributed by atoms with Gasteiger partial charge in [-0.15, -0.1) is 0 Å². The summed E-state index contributed by atoms with van der Waals surface area (Å²) in [4.78, 5) is 3.99. The highest BCUT2D eigenvalue weighted by Gasteiger charge is 2.26. The molecule has 0 aliphatic carbocycles. The number of para-hydroxylation sites is 2. The molecule has 0 spiro atoms. The zero-order valence-corrected chi connectivity index (χ0v) is 10.4. The standard InChI is InChI=1S/C11H13N3O3S/c15-18(16,14-8-5-6-12-7-8)11-13-9-3-1-2-4-10(9)17-11/h1-4,8,12,14H,5-7H2. The van der Waals surface area contributed by atoms with Crippen molar-refractivity contribution in [3.8, 4) is 0 Å². The fourth-order valence-electron chi connectivity index (χ4n) is 1.99. The van der Waals surface area contributed by atoms with Crippen molar-refractivity contribution < 1.29 is 12.8 Å². The topological polar surface area (TPSA) is 84.2 Å². The van der Waals surface area contributed by atoms with Crippen LogP contribution in [0.4, 0.5) is 0 Å². The van der Waals surface area contributed by atoms with Crippen molar-refractivity contribution in [2.45, 2.75) is 17.7 Å². The molecule has 0 radical (unpaired) electrons. The highest BCUT2D eigenvalue weighted by Crippen LogP contribution is 2.18. The molecule has 1 aromatic carbocycles. The van der Waals surface area contributed by atoms with Gasteiger partial charge in [0.15, 0.2) is 5.58 Å². The number of rotatable bonds is 3. The van der Waals surface area contributed by atoms with Gasteiger partial charge >= 0.3 is 5.22 Å². The Balaban J connectivity index is 1.92. The molecule has 0 amide bonds. The van der Waals surface area contributed by atoms with E-state index >= 15 is 0 Å². The number of hydrogen-bond acceptors (Lipinski definition) is 5. The summed E-state index contributed by atoms with van der Waals surface area (Å²) in [5, 5.41) is 2.83. The van der Waals surface area contributed by atoms with E-state index < -0.39 is 10.0 Å². The molecule has 6 nitrogen and oxygen atoms in total. The molecule has 0 bridgehead atoms. The van der Waals surface area contributed by atoms with Gasteiger partial charge in [0, 0.05) is 12.6 Å². The Morgan fingerprint density at radius 1 is 1.39 bits per heavy atom. The molecule has 1 aliphatic rings. The molecule has 1 aliphatic heterocycles. The van der Waals surface area contributed by atoms with E-state index in [1.165, 1.54) is 0 Å². The lowest BCUT2D eigenvalue weighted by atomic mass is 10.3. The second-order valence-corrected chi connectivity index (χ2v) is 5.85. The Bertz CT molecular complexity index is 626. The molecular formula is C11H13N3O3S. The monoisotopic (exact) mass is 267 g/mol. The number of fused-ring (bicyclic) bond motifs is 1. The second-order valence-electron chi connectivity index (χ2n) is 4.26. The predicted molar refractivity (Wildman–Crippen MR) is 65.6 cm³/mol. The van der Waals surface area contributed by atoms with Gasteiger partial charge in [0.05, 0.1) is 0 Å². The van der Waals surface area contributed by atoms with Crippen LogP contribution in [0, 0.1) is 0 Å². The van der Waals surface area contributed by atoms with Gasteiger partial charge in [0.2, 0.25) is 0 Å². The van der Waals surface area contributed by atoms with E-state index in [-0.39, 0.29) is 11.3 Å². The van der Waals surface area contributed by atoms with Crippen LogP contribution in [0.25, 0.3) is 11.1 Å². The highest BCUT2D eigenvalue weighted by atomic mass is 32.2. The minimum atomic E-state index is -3.67. The average molecular weight is 267 g/mol. The van der Waals surface area contributed by atoms with Gasteiger partial charge in [-0.2, -0.15) is 4.98 Å². The van der Waals surface area contributed by atoms with Crippen LogP contribution in [0.2, 0.25) is 0 Å². The fraction of sp³-hybridized carbons (Fsp3) is 0.364. The third-order valence-electron chi connectivity index (χ3n) is 2.89. The first kappa shape index (κ1) is 11.6. The first-order valence-electron chi connectivity index (χ1n) is 5.74. The van der Waals surface area contributed by atoms with Gasteiger partial charge in [0.1, 0.15) is 5.52 Å². The summed E-state index contributed by atoms with van der Waals surface area (Å²) in [6.07, 6.45) is 0.777. The molecular weight excluding hydrogens is 254 g/mol. The number of nitrogens with one attached hydrogen (secondary N) is 2. The van der Waals surface area contributed by atoms with E-state index in [9.17, 15) is 8.42 Å². The maximum atomic E-state index is 12.1. The summed E-state index contributed by atoms with van der Waals surface area (Å²) in [7, 11) is -3.67. The van der Waals surface area contributed by atoms with E-state index in [1.807, 2.05) is 0 Å². The van der Waals surface area contributed by atoms with Gasteiger partial charge in [-0.25, -0.2) is 13.1 Å². The van der Waals surface area contributed by atoms with Crippen LogP contribution in [-0.4, -0.2) is 32.5 Å². The number of hydrogen-bond donors (Lipinski definition) is 2. The van der Waals surface area contributed by atoms with Gasteiger partial charge in [-0.05, 0) is 25.1 Å². The molecule has 2 heterocycles. The number of benzene rings is 1. The lowest BCUT2D eigenvalue weighted by Crippen LogP contribution is -2.36. The number of oxazole rings is 1. The van der Waals surface area contributed by atoms with Crippen LogP contribution >= 0.6 is 0 Å². The molecule has 3 rings (SSSR count). The van der Waals surface area contributed by atoms with Crippen LogP contribution < -0.4 is 10.0 Å². The molecule has 7 heteroatoms. The molecule has 1 aromatic heterocycles. The predicted octanol–water partition coefficient (Wildman–Crippen LogP) is 0.468. The smallest absolute Gasteiger partial charge is 0.331 e. The largest absolute Gasteiger partial charge is 0.427 e. The van der Waals surface area contributed by atoms with Crippen LogP contribution in [-0.2, 0) is 10.0 Å². The Morgan fingerprint density at radius 3 is 2.94 bits per heavy atom. The maximum Gasteiger partial charge on any atom is 0.331 e. The molecule has 18 heavy (non-hydrogen) atoms. The number of aromatic nitrogens is 1. The van der Waals surface area contributed by atoms with Crippen molar-refractivity contribution in [3.05, 3.63) is 24.3 Å². The van der Waals surface area contributed by atoms with E-state index in [2.05, 4.69) is 15.0 Å². The van der Waals surface area contributed by atoms with Crippen molar-refractivity contribution in [2.75, 3.05) is 13.1 Å². The molecule has 2 aromatic rings. The molecule has 0 saturated carbocycles. The molecule has 1 unspecified atom stereocenters. The third-order valence-corrected chi connectivity index (χ3v) is 4.16.